The van der Waals surface area contributed by atoms with Crippen molar-refractivity contribution in [2.75, 3.05) is 26.1 Å². The lowest BCUT2D eigenvalue weighted by atomic mass is 10.1. The van der Waals surface area contributed by atoms with Crippen LogP contribution in [0.4, 0.5) is 5.69 Å². The molecule has 0 saturated carbocycles. The summed E-state index contributed by atoms with van der Waals surface area (Å²) in [4.78, 5) is 28.8. The SMILES string of the molecule is CCOC(=O)c1cccc(NC(=O)c2ccc(Cl)c(S(=O)(=O)N(C)OC)c2)c1. The van der Waals surface area contributed by atoms with Gasteiger partial charge in [0, 0.05) is 18.3 Å². The lowest BCUT2D eigenvalue weighted by Crippen LogP contribution is -2.26. The third-order valence-electron chi connectivity index (χ3n) is 3.70. The first-order valence-electron chi connectivity index (χ1n) is 8.11. The third-order valence-corrected chi connectivity index (χ3v) is 5.86. The molecule has 0 aliphatic heterocycles. The summed E-state index contributed by atoms with van der Waals surface area (Å²) in [6.07, 6.45) is 0. The van der Waals surface area contributed by atoms with Crippen LogP contribution < -0.4 is 5.32 Å². The number of benzene rings is 2. The largest absolute Gasteiger partial charge is 0.462 e. The van der Waals surface area contributed by atoms with Crippen molar-refractivity contribution in [1.29, 1.82) is 0 Å². The molecule has 0 fully saturated rings. The minimum atomic E-state index is -4.03. The minimum Gasteiger partial charge on any atom is -0.462 e. The van der Waals surface area contributed by atoms with E-state index in [0.29, 0.717) is 10.2 Å². The lowest BCUT2D eigenvalue weighted by Gasteiger charge is -2.16. The van der Waals surface area contributed by atoms with E-state index in [1.54, 1.807) is 25.1 Å². The van der Waals surface area contributed by atoms with E-state index in [9.17, 15) is 18.0 Å². The van der Waals surface area contributed by atoms with Gasteiger partial charge in [-0.15, -0.1) is 0 Å². The Morgan fingerprint density at radius 2 is 1.86 bits per heavy atom. The molecule has 0 radical (unpaired) electrons. The summed E-state index contributed by atoms with van der Waals surface area (Å²) in [5, 5.41) is 2.56. The molecule has 150 valence electrons. The number of sulfonamides is 1. The summed E-state index contributed by atoms with van der Waals surface area (Å²) < 4.78 is 30.4. The molecule has 2 aromatic carbocycles. The highest BCUT2D eigenvalue weighted by Gasteiger charge is 2.25. The fourth-order valence-corrected chi connectivity index (χ4v) is 3.69. The Balaban J connectivity index is 2.30. The van der Waals surface area contributed by atoms with E-state index in [1.807, 2.05) is 0 Å². The van der Waals surface area contributed by atoms with Crippen molar-refractivity contribution in [3.8, 4) is 0 Å². The van der Waals surface area contributed by atoms with Gasteiger partial charge >= 0.3 is 5.97 Å². The van der Waals surface area contributed by atoms with Crippen LogP contribution in [0.25, 0.3) is 0 Å². The molecule has 2 rings (SSSR count). The van der Waals surface area contributed by atoms with E-state index in [1.165, 1.54) is 32.4 Å². The maximum absolute atomic E-state index is 12.5. The molecule has 0 heterocycles. The van der Waals surface area contributed by atoms with Crippen LogP contribution in [0.1, 0.15) is 27.6 Å². The molecule has 8 nitrogen and oxygen atoms in total. The maximum Gasteiger partial charge on any atom is 0.338 e. The first kappa shape index (κ1) is 21.8. The summed E-state index contributed by atoms with van der Waals surface area (Å²) >= 11 is 5.99. The number of hydroxylamine groups is 1. The molecule has 0 saturated heterocycles. The van der Waals surface area contributed by atoms with Crippen LogP contribution in [-0.4, -0.2) is 45.5 Å². The Hall–Kier alpha value is -2.46. The molecule has 0 unspecified atom stereocenters. The first-order chi connectivity index (χ1) is 13.2. The molecule has 1 amide bonds. The van der Waals surface area contributed by atoms with Crippen molar-refractivity contribution >= 4 is 39.2 Å². The van der Waals surface area contributed by atoms with Gasteiger partial charge in [0.05, 0.1) is 24.3 Å². The van der Waals surface area contributed by atoms with E-state index >= 15 is 0 Å². The highest BCUT2D eigenvalue weighted by molar-refractivity contribution is 7.89. The van der Waals surface area contributed by atoms with Gasteiger partial charge in [0.1, 0.15) is 4.90 Å². The molecule has 0 atom stereocenters. The summed E-state index contributed by atoms with van der Waals surface area (Å²) in [5.41, 5.74) is 0.693. The van der Waals surface area contributed by atoms with Gasteiger partial charge in [-0.1, -0.05) is 22.1 Å². The normalized spacial score (nSPS) is 11.3. The minimum absolute atomic E-state index is 0.0511. The van der Waals surface area contributed by atoms with Gasteiger partial charge in [-0.05, 0) is 43.3 Å². The number of esters is 1. The van der Waals surface area contributed by atoms with Crippen molar-refractivity contribution in [3.05, 3.63) is 58.6 Å². The fourth-order valence-electron chi connectivity index (χ4n) is 2.22. The number of anilines is 1. The number of carbonyl (C=O) groups excluding carboxylic acids is 2. The van der Waals surface area contributed by atoms with Crippen molar-refractivity contribution in [3.63, 3.8) is 0 Å². The standard InChI is InChI=1S/C18H19ClN2O6S/c1-4-27-18(23)13-6-5-7-14(10-13)20-17(22)12-8-9-15(19)16(11-12)28(24,25)21(2)26-3/h5-11H,4H2,1-3H3,(H,20,22). The van der Waals surface area contributed by atoms with Gasteiger partial charge in [-0.25, -0.2) is 13.2 Å². The van der Waals surface area contributed by atoms with Gasteiger partial charge in [0.15, 0.2) is 0 Å². The Morgan fingerprint density at radius 3 is 2.50 bits per heavy atom. The van der Waals surface area contributed by atoms with Crippen LogP contribution in [0.3, 0.4) is 0 Å². The number of hydrogen-bond acceptors (Lipinski definition) is 6. The third kappa shape index (κ3) is 4.87. The molecular formula is C18H19ClN2O6S. The first-order valence-corrected chi connectivity index (χ1v) is 9.93. The zero-order valence-corrected chi connectivity index (χ0v) is 17.0. The van der Waals surface area contributed by atoms with Gasteiger partial charge in [-0.3, -0.25) is 9.63 Å². The Labute approximate surface area is 168 Å². The van der Waals surface area contributed by atoms with E-state index < -0.39 is 21.9 Å². The molecule has 1 N–H and O–H groups in total. The smallest absolute Gasteiger partial charge is 0.338 e. The van der Waals surface area contributed by atoms with E-state index in [0.717, 1.165) is 6.07 Å². The van der Waals surface area contributed by atoms with Crippen LogP contribution in [0, 0.1) is 0 Å². The van der Waals surface area contributed by atoms with E-state index in [4.69, 9.17) is 21.2 Å². The number of amides is 1. The molecule has 2 aromatic rings. The van der Waals surface area contributed by atoms with E-state index in [2.05, 4.69) is 5.32 Å². The van der Waals surface area contributed by atoms with E-state index in [-0.39, 0.29) is 27.7 Å². The Bertz CT molecular complexity index is 993. The second kappa shape index (κ2) is 9.16. The topological polar surface area (TPSA) is 102 Å². The highest BCUT2D eigenvalue weighted by atomic mass is 35.5. The summed E-state index contributed by atoms with van der Waals surface area (Å²) in [5.74, 6) is -1.09. The van der Waals surface area contributed by atoms with Gasteiger partial charge in [-0.2, -0.15) is 0 Å². The Kier molecular flexibility index (Phi) is 7.14. The van der Waals surface area contributed by atoms with Crippen molar-refractivity contribution < 1.29 is 27.6 Å². The highest BCUT2D eigenvalue weighted by Crippen LogP contribution is 2.26. The molecule has 0 aromatic heterocycles. The number of hydrogen-bond donors (Lipinski definition) is 1. The molecular weight excluding hydrogens is 408 g/mol. The monoisotopic (exact) mass is 426 g/mol. The summed E-state index contributed by atoms with van der Waals surface area (Å²) in [6, 6.07) is 10.0. The lowest BCUT2D eigenvalue weighted by molar-refractivity contribution is -0.0258. The summed E-state index contributed by atoms with van der Waals surface area (Å²) in [7, 11) is -1.63. The molecule has 0 bridgehead atoms. The van der Waals surface area contributed by atoms with Crippen molar-refractivity contribution in [1.82, 2.24) is 4.47 Å². The average molecular weight is 427 g/mol. The predicted molar refractivity (Wildman–Crippen MR) is 104 cm³/mol. The van der Waals surface area contributed by atoms with Crippen LogP contribution in [0.2, 0.25) is 5.02 Å². The maximum atomic E-state index is 12.5. The van der Waals surface area contributed by atoms with Crippen LogP contribution in [0.5, 0.6) is 0 Å². The number of ether oxygens (including phenoxy) is 1. The van der Waals surface area contributed by atoms with Crippen LogP contribution in [0.15, 0.2) is 47.4 Å². The van der Waals surface area contributed by atoms with Gasteiger partial charge in [0.25, 0.3) is 15.9 Å². The van der Waals surface area contributed by atoms with Crippen molar-refractivity contribution in [2.45, 2.75) is 11.8 Å². The predicted octanol–water partition coefficient (Wildman–Crippen LogP) is 2.95. The molecule has 10 heteroatoms. The van der Waals surface area contributed by atoms with Crippen molar-refractivity contribution in [2.24, 2.45) is 0 Å². The zero-order chi connectivity index (χ0) is 20.9. The molecule has 0 aliphatic carbocycles. The zero-order valence-electron chi connectivity index (χ0n) is 15.4. The average Bonchev–Trinajstić information content (AvgIpc) is 2.67. The number of carbonyl (C=O) groups is 2. The second-order valence-corrected chi connectivity index (χ2v) is 7.81. The second-order valence-electron chi connectivity index (χ2n) is 5.50. The number of halogens is 1. The molecule has 0 spiro atoms. The quantitative estimate of drug-likeness (QED) is 0.539. The van der Waals surface area contributed by atoms with Crippen LogP contribution in [-0.2, 0) is 19.6 Å². The number of nitrogens with zero attached hydrogens (tertiary/aromatic N) is 1. The van der Waals surface area contributed by atoms with Gasteiger partial charge in [0.2, 0.25) is 0 Å². The van der Waals surface area contributed by atoms with Crippen LogP contribution >= 0.6 is 11.6 Å². The Morgan fingerprint density at radius 1 is 1.14 bits per heavy atom. The molecule has 0 aliphatic rings. The fraction of sp³-hybridized carbons (Fsp3) is 0.222. The number of rotatable bonds is 7. The number of nitrogens with one attached hydrogen (secondary N) is 1. The summed E-state index contributed by atoms with van der Waals surface area (Å²) in [6.45, 7) is 1.92. The van der Waals surface area contributed by atoms with Gasteiger partial charge < -0.3 is 10.1 Å². The molecule has 28 heavy (non-hydrogen) atoms.